The Morgan fingerprint density at radius 2 is 1.95 bits per heavy atom. The summed E-state index contributed by atoms with van der Waals surface area (Å²) in [5, 5.41) is 3.93. The molecule has 0 unspecified atom stereocenters. The topological polar surface area (TPSA) is 29.1 Å². The third kappa shape index (κ3) is 4.71. The first-order chi connectivity index (χ1) is 9.69. The maximum atomic E-state index is 12.4. The van der Waals surface area contributed by atoms with Crippen LogP contribution in [0.5, 0.6) is 0 Å². The molecule has 2 nitrogen and oxygen atoms in total. The number of carbonyl (C=O) groups is 1. The zero-order valence-electron chi connectivity index (χ0n) is 11.9. The van der Waals surface area contributed by atoms with E-state index in [-0.39, 0.29) is 11.2 Å². The van der Waals surface area contributed by atoms with Crippen LogP contribution >= 0.6 is 23.4 Å². The van der Waals surface area contributed by atoms with Crippen molar-refractivity contribution in [1.29, 1.82) is 0 Å². The van der Waals surface area contributed by atoms with Gasteiger partial charge in [-0.15, -0.1) is 11.8 Å². The number of halogens is 1. The molecule has 0 aliphatic heterocycles. The summed E-state index contributed by atoms with van der Waals surface area (Å²) in [4.78, 5) is 13.5. The van der Waals surface area contributed by atoms with Crippen molar-refractivity contribution in [1.82, 2.24) is 5.32 Å². The fourth-order valence-electron chi connectivity index (χ4n) is 2.54. The minimum Gasteiger partial charge on any atom is -0.352 e. The standard InChI is InChI=1S/C16H22ClNOS/c1-2-15(20-14-10-8-12(17)9-11-14)16(19)18-13-6-4-3-5-7-13/h8-11,13,15H,2-7H2,1H3,(H,18,19)/t15-/m1/s1. The van der Waals surface area contributed by atoms with Gasteiger partial charge in [-0.3, -0.25) is 4.79 Å². The van der Waals surface area contributed by atoms with E-state index in [0.29, 0.717) is 6.04 Å². The molecule has 1 aromatic carbocycles. The van der Waals surface area contributed by atoms with Gasteiger partial charge in [-0.1, -0.05) is 37.8 Å². The highest BCUT2D eigenvalue weighted by atomic mass is 35.5. The van der Waals surface area contributed by atoms with Gasteiger partial charge in [0.1, 0.15) is 0 Å². The van der Waals surface area contributed by atoms with Crippen molar-refractivity contribution >= 4 is 29.3 Å². The lowest BCUT2D eigenvalue weighted by atomic mass is 9.95. The Hall–Kier alpha value is -0.670. The molecule has 0 radical (unpaired) electrons. The lowest BCUT2D eigenvalue weighted by Gasteiger charge is -2.25. The average Bonchev–Trinajstić information content (AvgIpc) is 2.47. The molecule has 1 amide bonds. The van der Waals surface area contributed by atoms with Crippen LogP contribution in [0.1, 0.15) is 45.4 Å². The van der Waals surface area contributed by atoms with Crippen molar-refractivity contribution in [3.63, 3.8) is 0 Å². The predicted octanol–water partition coefficient (Wildman–Crippen LogP) is 4.66. The Morgan fingerprint density at radius 1 is 1.30 bits per heavy atom. The molecule has 4 heteroatoms. The number of carbonyl (C=O) groups excluding carboxylic acids is 1. The van der Waals surface area contributed by atoms with Crippen LogP contribution in [0, 0.1) is 0 Å². The second-order valence-electron chi connectivity index (χ2n) is 5.31. The van der Waals surface area contributed by atoms with E-state index in [1.54, 1.807) is 11.8 Å². The number of rotatable bonds is 5. The van der Waals surface area contributed by atoms with Crippen LogP contribution in [-0.4, -0.2) is 17.2 Å². The minimum atomic E-state index is -0.0156. The van der Waals surface area contributed by atoms with Gasteiger partial charge in [0.05, 0.1) is 5.25 Å². The van der Waals surface area contributed by atoms with E-state index in [4.69, 9.17) is 11.6 Å². The van der Waals surface area contributed by atoms with Crippen LogP contribution in [0.15, 0.2) is 29.2 Å². The summed E-state index contributed by atoms with van der Waals surface area (Å²) in [6.07, 6.45) is 6.90. The first kappa shape index (κ1) is 15.7. The molecule has 1 atom stereocenters. The molecule has 0 saturated heterocycles. The van der Waals surface area contributed by atoms with Crippen LogP contribution in [0.2, 0.25) is 5.02 Å². The molecular weight excluding hydrogens is 290 g/mol. The molecule has 0 bridgehead atoms. The SMILES string of the molecule is CC[C@@H](Sc1ccc(Cl)cc1)C(=O)NC1CCCCC1. The molecule has 1 fully saturated rings. The molecule has 110 valence electrons. The van der Waals surface area contributed by atoms with E-state index in [0.717, 1.165) is 29.2 Å². The Morgan fingerprint density at radius 3 is 2.55 bits per heavy atom. The van der Waals surface area contributed by atoms with E-state index in [1.807, 2.05) is 24.3 Å². The summed E-state index contributed by atoms with van der Waals surface area (Å²) < 4.78 is 0. The van der Waals surface area contributed by atoms with Gasteiger partial charge in [0.2, 0.25) is 5.91 Å². The van der Waals surface area contributed by atoms with Gasteiger partial charge < -0.3 is 5.32 Å². The van der Waals surface area contributed by atoms with Crippen LogP contribution in [0.3, 0.4) is 0 Å². The average molecular weight is 312 g/mol. The fourth-order valence-corrected chi connectivity index (χ4v) is 3.63. The third-order valence-electron chi connectivity index (χ3n) is 3.71. The molecule has 1 N–H and O–H groups in total. The van der Waals surface area contributed by atoms with Gasteiger partial charge in [-0.25, -0.2) is 0 Å². The molecule has 2 rings (SSSR count). The van der Waals surface area contributed by atoms with E-state index >= 15 is 0 Å². The van der Waals surface area contributed by atoms with Crippen LogP contribution in [-0.2, 0) is 4.79 Å². The summed E-state index contributed by atoms with van der Waals surface area (Å²) in [6, 6.07) is 8.08. The van der Waals surface area contributed by atoms with Crippen LogP contribution in [0.4, 0.5) is 0 Å². The Labute approximate surface area is 130 Å². The van der Waals surface area contributed by atoms with Gasteiger partial charge in [0.25, 0.3) is 0 Å². The maximum absolute atomic E-state index is 12.4. The van der Waals surface area contributed by atoms with Gasteiger partial charge in [-0.2, -0.15) is 0 Å². The van der Waals surface area contributed by atoms with Crippen molar-refractivity contribution in [2.24, 2.45) is 0 Å². The van der Waals surface area contributed by atoms with E-state index < -0.39 is 0 Å². The van der Waals surface area contributed by atoms with Crippen molar-refractivity contribution in [2.75, 3.05) is 0 Å². The summed E-state index contributed by atoms with van der Waals surface area (Å²) in [6.45, 7) is 2.06. The highest BCUT2D eigenvalue weighted by molar-refractivity contribution is 8.00. The Balaban J connectivity index is 1.89. The molecule has 1 saturated carbocycles. The molecule has 20 heavy (non-hydrogen) atoms. The zero-order valence-corrected chi connectivity index (χ0v) is 13.5. The smallest absolute Gasteiger partial charge is 0.233 e. The van der Waals surface area contributed by atoms with E-state index in [2.05, 4.69) is 12.2 Å². The van der Waals surface area contributed by atoms with Gasteiger partial charge in [0.15, 0.2) is 0 Å². The van der Waals surface area contributed by atoms with E-state index in [1.165, 1.54) is 19.3 Å². The van der Waals surface area contributed by atoms with Crippen molar-refractivity contribution in [3.05, 3.63) is 29.3 Å². The molecular formula is C16H22ClNOS. The molecule has 1 aliphatic rings. The number of nitrogens with one attached hydrogen (secondary N) is 1. The summed E-state index contributed by atoms with van der Waals surface area (Å²) >= 11 is 7.51. The minimum absolute atomic E-state index is 0.0156. The van der Waals surface area contributed by atoms with Crippen LogP contribution in [0.25, 0.3) is 0 Å². The highest BCUT2D eigenvalue weighted by Gasteiger charge is 2.22. The number of benzene rings is 1. The summed E-state index contributed by atoms with van der Waals surface area (Å²) in [5.74, 6) is 0.180. The van der Waals surface area contributed by atoms with Crippen molar-refractivity contribution in [2.45, 2.75) is 61.6 Å². The molecule has 0 heterocycles. The van der Waals surface area contributed by atoms with Gasteiger partial charge in [0, 0.05) is 16.0 Å². The lowest BCUT2D eigenvalue weighted by molar-refractivity contribution is -0.121. The van der Waals surface area contributed by atoms with Crippen molar-refractivity contribution in [3.8, 4) is 0 Å². The van der Waals surface area contributed by atoms with Gasteiger partial charge >= 0.3 is 0 Å². The fraction of sp³-hybridized carbons (Fsp3) is 0.562. The summed E-state index contributed by atoms with van der Waals surface area (Å²) in [5.41, 5.74) is 0. The van der Waals surface area contributed by atoms with Crippen LogP contribution < -0.4 is 5.32 Å². The predicted molar refractivity (Wildman–Crippen MR) is 86.4 cm³/mol. The normalized spacial score (nSPS) is 17.7. The van der Waals surface area contributed by atoms with Crippen molar-refractivity contribution < 1.29 is 4.79 Å². The molecule has 1 aromatic rings. The molecule has 1 aliphatic carbocycles. The number of hydrogen-bond acceptors (Lipinski definition) is 2. The zero-order chi connectivity index (χ0) is 14.4. The first-order valence-corrected chi connectivity index (χ1v) is 8.67. The highest BCUT2D eigenvalue weighted by Crippen LogP contribution is 2.27. The van der Waals surface area contributed by atoms with E-state index in [9.17, 15) is 4.79 Å². The Bertz CT molecular complexity index is 429. The lowest BCUT2D eigenvalue weighted by Crippen LogP contribution is -2.41. The third-order valence-corrected chi connectivity index (χ3v) is 5.33. The number of hydrogen-bond donors (Lipinski definition) is 1. The largest absolute Gasteiger partial charge is 0.352 e. The number of amides is 1. The first-order valence-electron chi connectivity index (χ1n) is 7.41. The second kappa shape index (κ2) is 7.94. The molecule has 0 aromatic heterocycles. The quantitative estimate of drug-likeness (QED) is 0.801. The Kier molecular flexibility index (Phi) is 6.24. The summed E-state index contributed by atoms with van der Waals surface area (Å²) in [7, 11) is 0. The molecule has 0 spiro atoms. The second-order valence-corrected chi connectivity index (χ2v) is 7.02. The van der Waals surface area contributed by atoms with Gasteiger partial charge in [-0.05, 0) is 43.5 Å². The number of thioether (sulfide) groups is 1. The monoisotopic (exact) mass is 311 g/mol. The maximum Gasteiger partial charge on any atom is 0.233 e.